The highest BCUT2D eigenvalue weighted by Gasteiger charge is 2.10. The van der Waals surface area contributed by atoms with Crippen molar-refractivity contribution in [2.24, 2.45) is 5.73 Å². The third kappa shape index (κ3) is 2.69. The Kier molecular flexibility index (Phi) is 3.83. The van der Waals surface area contributed by atoms with Crippen molar-refractivity contribution in [2.75, 3.05) is 12.8 Å². The lowest BCUT2D eigenvalue weighted by atomic mass is 10.2. The molecular weight excluding hydrogens is 234 g/mol. The fourth-order valence-electron chi connectivity index (χ4n) is 1.53. The number of aromatic amines is 1. The molecule has 2 rings (SSSR count). The summed E-state index contributed by atoms with van der Waals surface area (Å²) in [7, 11) is 0. The molecule has 0 saturated heterocycles. The van der Waals surface area contributed by atoms with Gasteiger partial charge < -0.3 is 15.8 Å². The third-order valence-electron chi connectivity index (χ3n) is 2.54. The zero-order valence-electron chi connectivity index (χ0n) is 9.55. The van der Waals surface area contributed by atoms with Crippen LogP contribution in [0.2, 0.25) is 0 Å². The van der Waals surface area contributed by atoms with Crippen molar-refractivity contribution >= 4 is 11.8 Å². The summed E-state index contributed by atoms with van der Waals surface area (Å²) in [5, 5.41) is 9.55. The molecular formula is C12H15N3OS. The second-order valence-corrected chi connectivity index (χ2v) is 4.54. The van der Waals surface area contributed by atoms with E-state index in [4.69, 9.17) is 5.73 Å². The average Bonchev–Trinajstić information content (AvgIpc) is 2.87. The van der Waals surface area contributed by atoms with Crippen molar-refractivity contribution in [3.05, 3.63) is 36.3 Å². The van der Waals surface area contributed by atoms with Crippen molar-refractivity contribution in [2.45, 2.75) is 11.0 Å². The van der Waals surface area contributed by atoms with Crippen molar-refractivity contribution in [3.63, 3.8) is 0 Å². The molecule has 4 N–H and O–H groups in total. The number of imidazole rings is 1. The van der Waals surface area contributed by atoms with E-state index in [0.29, 0.717) is 5.82 Å². The summed E-state index contributed by atoms with van der Waals surface area (Å²) in [6.45, 7) is 0.165. The smallest absolute Gasteiger partial charge is 0.136 e. The summed E-state index contributed by atoms with van der Waals surface area (Å²) in [6.07, 6.45) is 3.03. The molecule has 4 nitrogen and oxygen atoms in total. The van der Waals surface area contributed by atoms with Gasteiger partial charge in [-0.25, -0.2) is 4.98 Å². The first-order chi connectivity index (χ1) is 8.24. The minimum Gasteiger partial charge on any atom is -0.384 e. The number of hydrogen-bond donors (Lipinski definition) is 3. The molecule has 0 saturated carbocycles. The molecule has 0 amide bonds. The van der Waals surface area contributed by atoms with E-state index in [1.54, 1.807) is 18.0 Å². The molecule has 0 radical (unpaired) electrons. The Balaban J connectivity index is 2.24. The highest BCUT2D eigenvalue weighted by atomic mass is 32.2. The van der Waals surface area contributed by atoms with Gasteiger partial charge in [-0.1, -0.05) is 12.1 Å². The van der Waals surface area contributed by atoms with Gasteiger partial charge in [0, 0.05) is 11.4 Å². The van der Waals surface area contributed by atoms with Gasteiger partial charge in [0.05, 0.1) is 11.9 Å². The average molecular weight is 249 g/mol. The van der Waals surface area contributed by atoms with E-state index in [-0.39, 0.29) is 6.54 Å². The molecule has 0 bridgehead atoms. The zero-order chi connectivity index (χ0) is 12.3. The summed E-state index contributed by atoms with van der Waals surface area (Å²) < 4.78 is 0. The zero-order valence-corrected chi connectivity index (χ0v) is 10.4. The number of aliphatic hydroxyl groups is 1. The van der Waals surface area contributed by atoms with Gasteiger partial charge >= 0.3 is 0 Å². The number of H-pyrrole nitrogens is 1. The number of benzene rings is 1. The van der Waals surface area contributed by atoms with Gasteiger partial charge in [-0.2, -0.15) is 0 Å². The minimum absolute atomic E-state index is 0.165. The monoisotopic (exact) mass is 249 g/mol. The standard InChI is InChI=1S/C12H15N3OS/c1-17-9-4-2-8(3-5-9)10-7-14-12(15-10)11(16)6-13/h2-5,7,11,16H,6,13H2,1H3,(H,14,15). The Morgan fingerprint density at radius 2 is 2.12 bits per heavy atom. The van der Waals surface area contributed by atoms with Crippen molar-refractivity contribution in [1.82, 2.24) is 9.97 Å². The van der Waals surface area contributed by atoms with E-state index in [2.05, 4.69) is 22.1 Å². The number of nitrogens with zero attached hydrogens (tertiary/aromatic N) is 1. The summed E-state index contributed by atoms with van der Waals surface area (Å²) >= 11 is 1.70. The molecule has 0 aliphatic rings. The predicted molar refractivity (Wildman–Crippen MR) is 69.8 cm³/mol. The molecule has 90 valence electrons. The van der Waals surface area contributed by atoms with Crippen LogP contribution >= 0.6 is 11.8 Å². The van der Waals surface area contributed by atoms with E-state index in [1.807, 2.05) is 18.4 Å². The molecule has 1 aromatic carbocycles. The van der Waals surface area contributed by atoms with Gasteiger partial charge in [0.1, 0.15) is 11.9 Å². The van der Waals surface area contributed by atoms with Crippen LogP contribution in [0.15, 0.2) is 35.4 Å². The van der Waals surface area contributed by atoms with Crippen LogP contribution < -0.4 is 5.73 Å². The normalized spacial score (nSPS) is 12.6. The molecule has 5 heteroatoms. The SMILES string of the molecule is CSc1ccc(-c2cnc(C(O)CN)[nH]2)cc1. The molecule has 17 heavy (non-hydrogen) atoms. The maximum Gasteiger partial charge on any atom is 0.136 e. The van der Waals surface area contributed by atoms with E-state index >= 15 is 0 Å². The van der Waals surface area contributed by atoms with Crippen LogP contribution in [-0.2, 0) is 0 Å². The van der Waals surface area contributed by atoms with E-state index < -0.39 is 6.10 Å². The van der Waals surface area contributed by atoms with Crippen LogP contribution in [0.3, 0.4) is 0 Å². The van der Waals surface area contributed by atoms with Crippen LogP contribution in [0.4, 0.5) is 0 Å². The summed E-state index contributed by atoms with van der Waals surface area (Å²) in [5.74, 6) is 0.511. The first kappa shape index (κ1) is 12.2. The molecule has 1 heterocycles. The lowest BCUT2D eigenvalue weighted by Crippen LogP contribution is -2.12. The lowest BCUT2D eigenvalue weighted by molar-refractivity contribution is 0.177. The molecule has 0 fully saturated rings. The van der Waals surface area contributed by atoms with Crippen LogP contribution in [0.5, 0.6) is 0 Å². The van der Waals surface area contributed by atoms with Crippen LogP contribution in [0.1, 0.15) is 11.9 Å². The Labute approximate surface area is 104 Å². The Morgan fingerprint density at radius 3 is 2.71 bits per heavy atom. The van der Waals surface area contributed by atoms with Crippen molar-refractivity contribution in [3.8, 4) is 11.3 Å². The number of thioether (sulfide) groups is 1. The summed E-state index contributed by atoms with van der Waals surface area (Å²) in [6, 6.07) is 8.16. The van der Waals surface area contributed by atoms with Crippen molar-refractivity contribution < 1.29 is 5.11 Å². The van der Waals surface area contributed by atoms with Gasteiger partial charge in [-0.15, -0.1) is 11.8 Å². The van der Waals surface area contributed by atoms with Gasteiger partial charge in [-0.05, 0) is 24.0 Å². The van der Waals surface area contributed by atoms with Gasteiger partial charge in [0.15, 0.2) is 0 Å². The van der Waals surface area contributed by atoms with Crippen LogP contribution in [0.25, 0.3) is 11.3 Å². The van der Waals surface area contributed by atoms with E-state index in [1.165, 1.54) is 4.90 Å². The summed E-state index contributed by atoms with van der Waals surface area (Å²) in [4.78, 5) is 8.40. The summed E-state index contributed by atoms with van der Waals surface area (Å²) in [5.41, 5.74) is 7.31. The number of hydrogen-bond acceptors (Lipinski definition) is 4. The first-order valence-electron chi connectivity index (χ1n) is 5.32. The molecule has 0 aliphatic carbocycles. The van der Waals surface area contributed by atoms with Crippen LogP contribution in [0, 0.1) is 0 Å². The highest BCUT2D eigenvalue weighted by Crippen LogP contribution is 2.22. The predicted octanol–water partition coefficient (Wildman–Crippen LogP) is 1.79. The molecule has 1 atom stereocenters. The molecule has 0 aliphatic heterocycles. The maximum absolute atomic E-state index is 9.55. The Morgan fingerprint density at radius 1 is 1.41 bits per heavy atom. The van der Waals surface area contributed by atoms with Crippen molar-refractivity contribution in [1.29, 1.82) is 0 Å². The highest BCUT2D eigenvalue weighted by molar-refractivity contribution is 7.98. The lowest BCUT2D eigenvalue weighted by Gasteiger charge is -2.03. The quantitative estimate of drug-likeness (QED) is 0.722. The van der Waals surface area contributed by atoms with Gasteiger partial charge in [-0.3, -0.25) is 0 Å². The molecule has 0 spiro atoms. The number of nitrogens with one attached hydrogen (secondary N) is 1. The largest absolute Gasteiger partial charge is 0.384 e. The minimum atomic E-state index is -0.728. The van der Waals surface area contributed by atoms with E-state index in [9.17, 15) is 5.11 Å². The number of nitrogens with two attached hydrogens (primary N) is 1. The van der Waals surface area contributed by atoms with Gasteiger partial charge in [0.25, 0.3) is 0 Å². The maximum atomic E-state index is 9.55. The number of aliphatic hydroxyl groups excluding tert-OH is 1. The second kappa shape index (κ2) is 5.35. The number of rotatable bonds is 4. The fraction of sp³-hybridized carbons (Fsp3) is 0.250. The molecule has 1 aromatic heterocycles. The second-order valence-electron chi connectivity index (χ2n) is 3.66. The topological polar surface area (TPSA) is 74.9 Å². The first-order valence-corrected chi connectivity index (χ1v) is 6.54. The van der Waals surface area contributed by atoms with Gasteiger partial charge in [0.2, 0.25) is 0 Å². The fourth-order valence-corrected chi connectivity index (χ4v) is 1.94. The van der Waals surface area contributed by atoms with Crippen LogP contribution in [-0.4, -0.2) is 27.9 Å². The Bertz CT molecular complexity index is 481. The van der Waals surface area contributed by atoms with E-state index in [0.717, 1.165) is 11.3 Å². The third-order valence-corrected chi connectivity index (χ3v) is 3.28. The Hall–Kier alpha value is -1.30. The molecule has 2 aromatic rings. The number of aromatic nitrogens is 2. The molecule has 1 unspecified atom stereocenters.